The van der Waals surface area contributed by atoms with Crippen LogP contribution in [0, 0.1) is 29.1 Å². The van der Waals surface area contributed by atoms with Crippen LogP contribution in [-0.2, 0) is 11.3 Å². The molecule has 1 N–H and O–H groups in total. The molecule has 1 aliphatic heterocycles. The lowest BCUT2D eigenvalue weighted by molar-refractivity contribution is 0.147. The fourth-order valence-corrected chi connectivity index (χ4v) is 2.87. The van der Waals surface area contributed by atoms with Gasteiger partial charge in [0, 0.05) is 6.54 Å². The molecule has 1 saturated heterocycles. The third kappa shape index (κ3) is 2.06. The highest BCUT2D eigenvalue weighted by Crippen LogP contribution is 2.52. The van der Waals surface area contributed by atoms with Crippen molar-refractivity contribution in [3.05, 3.63) is 35.9 Å². The first kappa shape index (κ1) is 10.8. The van der Waals surface area contributed by atoms with Crippen LogP contribution in [0.2, 0.25) is 0 Å². The maximum absolute atomic E-state index is 9.22. The number of hydrogen-bond donors (Lipinski definition) is 1. The average Bonchev–Trinajstić information content (AvgIpc) is 2.86. The van der Waals surface area contributed by atoms with Gasteiger partial charge in [0.1, 0.15) is 0 Å². The van der Waals surface area contributed by atoms with Gasteiger partial charge in [-0.05, 0) is 23.3 Å². The molecule has 0 amide bonds. The van der Waals surface area contributed by atoms with Gasteiger partial charge in [0.15, 0.2) is 0 Å². The van der Waals surface area contributed by atoms with E-state index in [1.165, 1.54) is 5.56 Å². The van der Waals surface area contributed by atoms with Crippen LogP contribution in [0.25, 0.3) is 0 Å². The molecule has 0 bridgehead atoms. The Labute approximate surface area is 101 Å². The molecule has 88 valence electrons. The van der Waals surface area contributed by atoms with Crippen LogP contribution in [-0.4, -0.2) is 19.3 Å². The number of ether oxygens (including phenoxy) is 1. The van der Waals surface area contributed by atoms with Crippen molar-refractivity contribution in [2.75, 3.05) is 13.2 Å². The van der Waals surface area contributed by atoms with E-state index in [-0.39, 0.29) is 6.04 Å². The zero-order valence-corrected chi connectivity index (χ0v) is 9.67. The standard InChI is InChI=1S/C14H16N2O/c15-6-13(14-11-8-17-9-12(11)14)16-7-10-4-2-1-3-5-10/h1-5,11-14,16H,7-9H2/t11-,12-,13-/m0/s1. The van der Waals surface area contributed by atoms with Gasteiger partial charge in [-0.2, -0.15) is 5.26 Å². The lowest BCUT2D eigenvalue weighted by Crippen LogP contribution is -2.31. The summed E-state index contributed by atoms with van der Waals surface area (Å²) in [5, 5.41) is 12.6. The SMILES string of the molecule is N#C[C@H](NCc1ccccc1)C1[C@H]2COC[C@H]12. The van der Waals surface area contributed by atoms with Crippen molar-refractivity contribution in [1.29, 1.82) is 5.26 Å². The second kappa shape index (κ2) is 4.48. The lowest BCUT2D eigenvalue weighted by atomic mass is 10.1. The van der Waals surface area contributed by atoms with Crippen LogP contribution >= 0.6 is 0 Å². The summed E-state index contributed by atoms with van der Waals surface area (Å²) in [5.74, 6) is 1.77. The molecular formula is C14H16N2O. The Morgan fingerprint density at radius 2 is 2.00 bits per heavy atom. The molecule has 1 aromatic carbocycles. The summed E-state index contributed by atoms with van der Waals surface area (Å²) in [7, 11) is 0. The molecule has 1 heterocycles. The summed E-state index contributed by atoms with van der Waals surface area (Å²) in [6, 6.07) is 12.6. The topological polar surface area (TPSA) is 45.0 Å². The van der Waals surface area contributed by atoms with Gasteiger partial charge in [0.25, 0.3) is 0 Å². The van der Waals surface area contributed by atoms with Gasteiger partial charge in [0.05, 0.1) is 25.3 Å². The van der Waals surface area contributed by atoms with Crippen LogP contribution in [0.1, 0.15) is 5.56 Å². The molecule has 0 spiro atoms. The van der Waals surface area contributed by atoms with Crippen LogP contribution in [0.15, 0.2) is 30.3 Å². The largest absolute Gasteiger partial charge is 0.381 e. The number of hydrogen-bond acceptors (Lipinski definition) is 3. The number of nitrogens with one attached hydrogen (secondary N) is 1. The molecule has 3 heteroatoms. The molecule has 0 unspecified atom stereocenters. The zero-order valence-electron chi connectivity index (χ0n) is 9.67. The van der Waals surface area contributed by atoms with E-state index in [2.05, 4.69) is 23.5 Å². The Kier molecular flexibility index (Phi) is 2.84. The summed E-state index contributed by atoms with van der Waals surface area (Å²) < 4.78 is 5.36. The first-order valence-corrected chi connectivity index (χ1v) is 6.15. The molecule has 1 aromatic rings. The van der Waals surface area contributed by atoms with Gasteiger partial charge >= 0.3 is 0 Å². The maximum Gasteiger partial charge on any atom is 0.0991 e. The molecule has 1 saturated carbocycles. The van der Waals surface area contributed by atoms with Crippen molar-refractivity contribution < 1.29 is 4.74 Å². The Morgan fingerprint density at radius 1 is 1.29 bits per heavy atom. The van der Waals surface area contributed by atoms with Gasteiger partial charge in [-0.1, -0.05) is 30.3 Å². The normalized spacial score (nSPS) is 31.6. The van der Waals surface area contributed by atoms with Crippen molar-refractivity contribution >= 4 is 0 Å². The highest BCUT2D eigenvalue weighted by atomic mass is 16.5. The number of benzene rings is 1. The minimum absolute atomic E-state index is 0.0193. The molecule has 3 nitrogen and oxygen atoms in total. The van der Waals surface area contributed by atoms with Crippen LogP contribution in [0.4, 0.5) is 0 Å². The van der Waals surface area contributed by atoms with E-state index < -0.39 is 0 Å². The van der Waals surface area contributed by atoms with Gasteiger partial charge in [-0.3, -0.25) is 5.32 Å². The van der Waals surface area contributed by atoms with E-state index in [4.69, 9.17) is 4.74 Å². The van der Waals surface area contributed by atoms with Gasteiger partial charge in [-0.25, -0.2) is 0 Å². The second-order valence-electron chi connectivity index (χ2n) is 4.92. The Hall–Kier alpha value is -1.37. The fraction of sp³-hybridized carbons (Fsp3) is 0.500. The van der Waals surface area contributed by atoms with E-state index in [1.54, 1.807) is 0 Å². The van der Waals surface area contributed by atoms with Crippen molar-refractivity contribution in [3.63, 3.8) is 0 Å². The number of rotatable bonds is 4. The minimum Gasteiger partial charge on any atom is -0.381 e. The van der Waals surface area contributed by atoms with E-state index in [1.807, 2.05) is 18.2 Å². The highest BCUT2D eigenvalue weighted by Gasteiger charge is 2.57. The number of nitriles is 1. The molecular weight excluding hydrogens is 212 g/mol. The van der Waals surface area contributed by atoms with Gasteiger partial charge in [0.2, 0.25) is 0 Å². The molecule has 2 fully saturated rings. The Balaban J connectivity index is 1.56. The average molecular weight is 228 g/mol. The molecule has 3 atom stereocenters. The first-order chi connectivity index (χ1) is 8.40. The fourth-order valence-electron chi connectivity index (χ4n) is 2.87. The Bertz CT molecular complexity index is 416. The third-order valence-corrected chi connectivity index (χ3v) is 3.91. The molecule has 3 rings (SSSR count). The van der Waals surface area contributed by atoms with Gasteiger partial charge in [-0.15, -0.1) is 0 Å². The lowest BCUT2D eigenvalue weighted by Gasteiger charge is -2.13. The summed E-state index contributed by atoms with van der Waals surface area (Å²) in [6.07, 6.45) is 0. The molecule has 17 heavy (non-hydrogen) atoms. The predicted molar refractivity (Wildman–Crippen MR) is 64.0 cm³/mol. The quantitative estimate of drug-likeness (QED) is 0.850. The van der Waals surface area contributed by atoms with Crippen molar-refractivity contribution in [1.82, 2.24) is 5.32 Å². The first-order valence-electron chi connectivity index (χ1n) is 6.15. The van der Waals surface area contributed by atoms with E-state index in [0.29, 0.717) is 17.8 Å². The smallest absolute Gasteiger partial charge is 0.0991 e. The van der Waals surface area contributed by atoms with Crippen LogP contribution in [0.5, 0.6) is 0 Å². The molecule has 2 aliphatic rings. The van der Waals surface area contributed by atoms with E-state index in [9.17, 15) is 5.26 Å². The third-order valence-electron chi connectivity index (χ3n) is 3.91. The Morgan fingerprint density at radius 3 is 2.65 bits per heavy atom. The van der Waals surface area contributed by atoms with Crippen molar-refractivity contribution in [3.8, 4) is 6.07 Å². The van der Waals surface area contributed by atoms with Crippen molar-refractivity contribution in [2.24, 2.45) is 17.8 Å². The highest BCUT2D eigenvalue weighted by molar-refractivity contribution is 5.17. The monoisotopic (exact) mass is 228 g/mol. The summed E-state index contributed by atoms with van der Waals surface area (Å²) in [6.45, 7) is 2.47. The number of fused-ring (bicyclic) bond motifs is 1. The molecule has 1 aliphatic carbocycles. The zero-order chi connectivity index (χ0) is 11.7. The summed E-state index contributed by atoms with van der Waals surface area (Å²) in [4.78, 5) is 0. The summed E-state index contributed by atoms with van der Waals surface area (Å²) in [5.41, 5.74) is 1.23. The van der Waals surface area contributed by atoms with Crippen molar-refractivity contribution in [2.45, 2.75) is 12.6 Å². The van der Waals surface area contributed by atoms with E-state index >= 15 is 0 Å². The molecule has 0 aromatic heterocycles. The van der Waals surface area contributed by atoms with Gasteiger partial charge < -0.3 is 4.74 Å². The summed E-state index contributed by atoms with van der Waals surface area (Å²) >= 11 is 0. The molecule has 0 radical (unpaired) electrons. The number of nitrogens with zero attached hydrogens (tertiary/aromatic N) is 1. The predicted octanol–water partition coefficient (Wildman–Crippen LogP) is 1.56. The second-order valence-corrected chi connectivity index (χ2v) is 4.92. The van der Waals surface area contributed by atoms with Crippen LogP contribution < -0.4 is 5.32 Å². The van der Waals surface area contributed by atoms with E-state index in [0.717, 1.165) is 19.8 Å². The van der Waals surface area contributed by atoms with Crippen LogP contribution in [0.3, 0.4) is 0 Å². The maximum atomic E-state index is 9.22. The minimum atomic E-state index is -0.0193.